The van der Waals surface area contributed by atoms with E-state index in [0.29, 0.717) is 11.1 Å². The van der Waals surface area contributed by atoms with Gasteiger partial charge in [-0.1, -0.05) is 46.2 Å². The van der Waals surface area contributed by atoms with Crippen LogP contribution >= 0.6 is 0 Å². The number of carbonyl (C=O) groups excluding carboxylic acids is 2. The van der Waals surface area contributed by atoms with Gasteiger partial charge in [0.05, 0.1) is 17.9 Å². The van der Waals surface area contributed by atoms with Crippen molar-refractivity contribution in [1.29, 1.82) is 0 Å². The molecular formula is C24H31NO4. The molecule has 2 N–H and O–H groups in total. The average molecular weight is 398 g/mol. The summed E-state index contributed by atoms with van der Waals surface area (Å²) in [4.78, 5) is 25.4. The second-order valence-electron chi connectivity index (χ2n) is 8.17. The number of nitrogen functional groups attached to an aromatic ring is 1. The lowest BCUT2D eigenvalue weighted by molar-refractivity contribution is 0.0521. The molecule has 2 aromatic rings. The Morgan fingerprint density at radius 3 is 2.17 bits per heavy atom. The quantitative estimate of drug-likeness (QED) is 0.410. The number of esters is 2. The van der Waals surface area contributed by atoms with Crippen LogP contribution in [0.4, 0.5) is 5.69 Å². The summed E-state index contributed by atoms with van der Waals surface area (Å²) in [6.07, 6.45) is 1.98. The van der Waals surface area contributed by atoms with Gasteiger partial charge in [0.1, 0.15) is 5.56 Å². The fraction of sp³-hybridized carbons (Fsp3) is 0.417. The molecule has 0 aliphatic carbocycles. The van der Waals surface area contributed by atoms with Crippen LogP contribution in [0.15, 0.2) is 30.3 Å². The van der Waals surface area contributed by atoms with E-state index in [1.165, 1.54) is 0 Å². The third-order valence-corrected chi connectivity index (χ3v) is 4.72. The number of rotatable bonds is 6. The topological polar surface area (TPSA) is 78.6 Å². The molecule has 2 aromatic carbocycles. The molecule has 0 atom stereocenters. The minimum absolute atomic E-state index is 0.104. The lowest BCUT2D eigenvalue weighted by atomic mass is 9.83. The number of benzene rings is 2. The minimum Gasteiger partial charge on any atom is -0.462 e. The molecule has 0 saturated heterocycles. The zero-order chi connectivity index (χ0) is 21.8. The molecule has 0 spiro atoms. The van der Waals surface area contributed by atoms with Crippen LogP contribution in [0.25, 0.3) is 0 Å². The molecule has 0 bridgehead atoms. The Labute approximate surface area is 173 Å². The smallest absolute Gasteiger partial charge is 0.344 e. The Hall–Kier alpha value is -2.82. The zero-order valence-corrected chi connectivity index (χ0v) is 18.2. The summed E-state index contributed by atoms with van der Waals surface area (Å²) in [6, 6.07) is 9.16. The highest BCUT2D eigenvalue weighted by Gasteiger charge is 2.29. The number of aryl methyl sites for hydroxylation is 2. The second kappa shape index (κ2) is 9.12. The lowest BCUT2D eigenvalue weighted by Crippen LogP contribution is -2.21. The summed E-state index contributed by atoms with van der Waals surface area (Å²) in [6.45, 7) is 11.9. The number of carbonyl (C=O) groups is 2. The van der Waals surface area contributed by atoms with Gasteiger partial charge in [-0.25, -0.2) is 9.59 Å². The summed E-state index contributed by atoms with van der Waals surface area (Å²) in [5, 5.41) is 0. The summed E-state index contributed by atoms with van der Waals surface area (Å²) >= 11 is 0. The van der Waals surface area contributed by atoms with E-state index in [2.05, 4.69) is 6.92 Å². The first kappa shape index (κ1) is 22.5. The molecule has 0 aliphatic heterocycles. The SMILES string of the molecule is CCCc1ccc(C(=O)Oc2c(C)cc(C(C)(C)C)c(N)c2C(=O)OCC)cc1. The monoisotopic (exact) mass is 397 g/mol. The summed E-state index contributed by atoms with van der Waals surface area (Å²) in [5.74, 6) is -0.985. The number of anilines is 1. The van der Waals surface area contributed by atoms with Gasteiger partial charge in [-0.15, -0.1) is 0 Å². The molecule has 0 heterocycles. The predicted molar refractivity (Wildman–Crippen MR) is 116 cm³/mol. The number of hydrogen-bond acceptors (Lipinski definition) is 5. The molecule has 5 nitrogen and oxygen atoms in total. The molecule has 0 saturated carbocycles. The molecular weight excluding hydrogens is 366 g/mol. The van der Waals surface area contributed by atoms with Crippen molar-refractivity contribution in [2.24, 2.45) is 0 Å². The third-order valence-electron chi connectivity index (χ3n) is 4.72. The second-order valence-corrected chi connectivity index (χ2v) is 8.17. The van der Waals surface area contributed by atoms with Crippen LogP contribution in [0.5, 0.6) is 5.75 Å². The van der Waals surface area contributed by atoms with Crippen LogP contribution in [0.3, 0.4) is 0 Å². The normalized spacial score (nSPS) is 11.2. The van der Waals surface area contributed by atoms with E-state index in [0.717, 1.165) is 24.0 Å². The average Bonchev–Trinajstić information content (AvgIpc) is 2.64. The van der Waals surface area contributed by atoms with Crippen molar-refractivity contribution in [1.82, 2.24) is 0 Å². The maximum Gasteiger partial charge on any atom is 0.344 e. The fourth-order valence-electron chi connectivity index (χ4n) is 3.22. The molecule has 0 aliphatic rings. The number of nitrogens with two attached hydrogens (primary N) is 1. The van der Waals surface area contributed by atoms with Gasteiger partial charge in [-0.3, -0.25) is 0 Å². The Kier molecular flexibility index (Phi) is 7.07. The van der Waals surface area contributed by atoms with E-state index in [9.17, 15) is 9.59 Å². The molecule has 2 rings (SSSR count). The molecule has 5 heteroatoms. The van der Waals surface area contributed by atoms with Gasteiger partial charge in [-0.05, 0) is 60.6 Å². The van der Waals surface area contributed by atoms with Crippen LogP contribution in [0.1, 0.15) is 78.4 Å². The van der Waals surface area contributed by atoms with Gasteiger partial charge in [0.15, 0.2) is 5.75 Å². The van der Waals surface area contributed by atoms with Gasteiger partial charge in [0.25, 0.3) is 0 Å². The Balaban J connectivity index is 2.49. The van der Waals surface area contributed by atoms with E-state index in [-0.39, 0.29) is 29.0 Å². The highest BCUT2D eigenvalue weighted by molar-refractivity contribution is 6.01. The molecule has 156 valence electrons. The minimum atomic E-state index is -0.597. The standard InChI is InChI=1S/C24H31NO4/c1-7-9-16-10-12-17(13-11-16)22(26)29-21-15(3)14-18(24(4,5)6)20(25)19(21)23(27)28-8-2/h10-14H,7-9,25H2,1-6H3. The molecule has 0 amide bonds. The molecule has 0 aromatic heterocycles. The van der Waals surface area contributed by atoms with Crippen molar-refractivity contribution in [3.05, 3.63) is 58.1 Å². The van der Waals surface area contributed by atoms with Crippen molar-refractivity contribution >= 4 is 17.6 Å². The molecule has 0 unspecified atom stereocenters. The molecule has 0 radical (unpaired) electrons. The van der Waals surface area contributed by atoms with Crippen molar-refractivity contribution in [2.45, 2.75) is 59.8 Å². The van der Waals surface area contributed by atoms with Gasteiger partial charge in [0.2, 0.25) is 0 Å². The lowest BCUT2D eigenvalue weighted by Gasteiger charge is -2.25. The van der Waals surface area contributed by atoms with Crippen LogP contribution in [-0.4, -0.2) is 18.5 Å². The predicted octanol–water partition coefficient (Wildman–Crippen LogP) is 5.22. The van der Waals surface area contributed by atoms with E-state index >= 15 is 0 Å². The molecule has 29 heavy (non-hydrogen) atoms. The highest BCUT2D eigenvalue weighted by atomic mass is 16.5. The maximum absolute atomic E-state index is 12.7. The Morgan fingerprint density at radius 2 is 1.66 bits per heavy atom. The number of ether oxygens (including phenoxy) is 2. The van der Waals surface area contributed by atoms with Crippen LogP contribution in [0.2, 0.25) is 0 Å². The summed E-state index contributed by atoms with van der Waals surface area (Å²) in [7, 11) is 0. The largest absolute Gasteiger partial charge is 0.462 e. The Morgan fingerprint density at radius 1 is 1.03 bits per heavy atom. The first-order valence-electron chi connectivity index (χ1n) is 10.0. The van der Waals surface area contributed by atoms with E-state index in [4.69, 9.17) is 15.2 Å². The first-order valence-corrected chi connectivity index (χ1v) is 10.0. The van der Waals surface area contributed by atoms with Crippen molar-refractivity contribution < 1.29 is 19.1 Å². The van der Waals surface area contributed by atoms with E-state index < -0.39 is 11.9 Å². The third kappa shape index (κ3) is 5.17. The first-order chi connectivity index (χ1) is 13.6. The number of hydrogen-bond donors (Lipinski definition) is 1. The summed E-state index contributed by atoms with van der Waals surface area (Å²) < 4.78 is 10.9. The van der Waals surface area contributed by atoms with Crippen molar-refractivity contribution in [2.75, 3.05) is 12.3 Å². The van der Waals surface area contributed by atoms with E-state index in [1.54, 1.807) is 26.0 Å². The summed E-state index contributed by atoms with van der Waals surface area (Å²) in [5.41, 5.74) is 9.48. The van der Waals surface area contributed by atoms with Crippen LogP contribution in [0, 0.1) is 6.92 Å². The zero-order valence-electron chi connectivity index (χ0n) is 18.2. The van der Waals surface area contributed by atoms with Crippen LogP contribution in [-0.2, 0) is 16.6 Å². The van der Waals surface area contributed by atoms with E-state index in [1.807, 2.05) is 39.0 Å². The fourth-order valence-corrected chi connectivity index (χ4v) is 3.22. The highest BCUT2D eigenvalue weighted by Crippen LogP contribution is 2.38. The van der Waals surface area contributed by atoms with Crippen molar-refractivity contribution in [3.63, 3.8) is 0 Å². The van der Waals surface area contributed by atoms with Crippen LogP contribution < -0.4 is 10.5 Å². The Bertz CT molecular complexity index is 893. The molecule has 0 fully saturated rings. The van der Waals surface area contributed by atoms with Crippen molar-refractivity contribution in [3.8, 4) is 5.75 Å². The van der Waals surface area contributed by atoms with Gasteiger partial charge < -0.3 is 15.2 Å². The maximum atomic E-state index is 12.7. The van der Waals surface area contributed by atoms with Gasteiger partial charge in [0, 0.05) is 0 Å². The van der Waals surface area contributed by atoms with Gasteiger partial charge >= 0.3 is 11.9 Å². The van der Waals surface area contributed by atoms with Gasteiger partial charge in [-0.2, -0.15) is 0 Å².